The summed E-state index contributed by atoms with van der Waals surface area (Å²) in [4.78, 5) is 12.2. The van der Waals surface area contributed by atoms with Gasteiger partial charge in [-0.25, -0.2) is 4.79 Å². The van der Waals surface area contributed by atoms with Gasteiger partial charge in [0.05, 0.1) is 11.6 Å². The maximum Gasteiger partial charge on any atom is 0.342 e. The zero-order chi connectivity index (χ0) is 16.2. The van der Waals surface area contributed by atoms with E-state index in [-0.39, 0.29) is 17.9 Å². The molecule has 3 aromatic carbocycles. The van der Waals surface area contributed by atoms with Crippen LogP contribution in [0.1, 0.15) is 21.5 Å². The summed E-state index contributed by atoms with van der Waals surface area (Å²) in [5.74, 6) is -0.689. The van der Waals surface area contributed by atoms with Crippen LogP contribution in [0.3, 0.4) is 0 Å². The van der Waals surface area contributed by atoms with Crippen LogP contribution in [-0.2, 0) is 11.3 Å². The Morgan fingerprint density at radius 1 is 1.04 bits per heavy atom. The van der Waals surface area contributed by atoms with Gasteiger partial charge in [0.1, 0.15) is 17.9 Å². The number of benzene rings is 3. The van der Waals surface area contributed by atoms with Crippen molar-refractivity contribution in [2.75, 3.05) is 0 Å². The number of nitrogens with zero attached hydrogens (tertiary/aromatic N) is 1. The Labute approximate surface area is 133 Å². The van der Waals surface area contributed by atoms with Crippen LogP contribution in [0.25, 0.3) is 10.8 Å². The van der Waals surface area contributed by atoms with Crippen molar-refractivity contribution in [1.29, 1.82) is 5.26 Å². The van der Waals surface area contributed by atoms with Crippen LogP contribution in [0.2, 0.25) is 0 Å². The summed E-state index contributed by atoms with van der Waals surface area (Å²) in [6.45, 7) is 0.0802. The molecule has 4 nitrogen and oxygen atoms in total. The van der Waals surface area contributed by atoms with Crippen molar-refractivity contribution in [1.82, 2.24) is 0 Å². The molecule has 0 heterocycles. The van der Waals surface area contributed by atoms with Gasteiger partial charge in [-0.1, -0.05) is 36.4 Å². The molecule has 0 spiro atoms. The summed E-state index contributed by atoms with van der Waals surface area (Å²) >= 11 is 0. The van der Waals surface area contributed by atoms with Gasteiger partial charge in [0, 0.05) is 0 Å². The monoisotopic (exact) mass is 303 g/mol. The van der Waals surface area contributed by atoms with Crippen molar-refractivity contribution < 1.29 is 14.6 Å². The number of esters is 1. The third-order valence-electron chi connectivity index (χ3n) is 3.54. The van der Waals surface area contributed by atoms with Crippen molar-refractivity contribution in [3.8, 4) is 11.8 Å². The van der Waals surface area contributed by atoms with Crippen LogP contribution >= 0.6 is 0 Å². The van der Waals surface area contributed by atoms with Gasteiger partial charge in [-0.15, -0.1) is 0 Å². The predicted octanol–water partition coefficient (Wildman–Crippen LogP) is 3.77. The van der Waals surface area contributed by atoms with E-state index in [1.54, 1.807) is 36.4 Å². The van der Waals surface area contributed by atoms with Crippen LogP contribution in [0.5, 0.6) is 5.75 Å². The molecule has 0 saturated heterocycles. The Bertz CT molecular complexity index is 908. The number of hydrogen-bond acceptors (Lipinski definition) is 4. The van der Waals surface area contributed by atoms with E-state index in [2.05, 4.69) is 0 Å². The SMILES string of the molecule is N#Cc1ccc(COC(=O)c2cc3ccccc3cc2O)cc1. The van der Waals surface area contributed by atoms with Crippen LogP contribution in [0.4, 0.5) is 0 Å². The summed E-state index contributed by atoms with van der Waals surface area (Å²) in [6, 6.07) is 19.4. The molecular weight excluding hydrogens is 290 g/mol. The van der Waals surface area contributed by atoms with Gasteiger partial charge in [-0.3, -0.25) is 0 Å². The summed E-state index contributed by atoms with van der Waals surface area (Å²) < 4.78 is 5.24. The van der Waals surface area contributed by atoms with Crippen molar-refractivity contribution in [3.05, 3.63) is 77.4 Å². The van der Waals surface area contributed by atoms with Crippen LogP contribution in [-0.4, -0.2) is 11.1 Å². The lowest BCUT2D eigenvalue weighted by molar-refractivity contribution is 0.0469. The highest BCUT2D eigenvalue weighted by Crippen LogP contribution is 2.25. The standard InChI is InChI=1S/C19H13NO3/c20-11-13-5-7-14(8-6-13)12-23-19(22)17-9-15-3-1-2-4-16(15)10-18(17)21/h1-10,21H,12H2. The summed E-state index contributed by atoms with van der Waals surface area (Å²) in [5, 5.41) is 20.5. The lowest BCUT2D eigenvalue weighted by Crippen LogP contribution is -2.05. The summed E-state index contributed by atoms with van der Waals surface area (Å²) in [5.41, 5.74) is 1.46. The molecule has 0 aromatic heterocycles. The molecule has 0 saturated carbocycles. The van der Waals surface area contributed by atoms with Gasteiger partial charge in [-0.05, 0) is 40.6 Å². The third kappa shape index (κ3) is 3.14. The Kier molecular flexibility index (Phi) is 3.94. The van der Waals surface area contributed by atoms with Gasteiger partial charge in [-0.2, -0.15) is 5.26 Å². The minimum absolute atomic E-state index is 0.0802. The summed E-state index contributed by atoms with van der Waals surface area (Å²) in [6.07, 6.45) is 0. The number of nitriles is 1. The molecule has 0 aliphatic rings. The third-order valence-corrected chi connectivity index (χ3v) is 3.54. The van der Waals surface area contributed by atoms with Gasteiger partial charge in [0.15, 0.2) is 0 Å². The fraction of sp³-hybridized carbons (Fsp3) is 0.0526. The van der Waals surface area contributed by atoms with Crippen molar-refractivity contribution in [2.24, 2.45) is 0 Å². The van der Waals surface area contributed by atoms with E-state index < -0.39 is 5.97 Å². The Hall–Kier alpha value is -3.32. The van der Waals surface area contributed by atoms with Crippen molar-refractivity contribution in [3.63, 3.8) is 0 Å². The molecule has 0 atom stereocenters. The first-order valence-corrected chi connectivity index (χ1v) is 7.05. The van der Waals surface area contributed by atoms with E-state index in [1.807, 2.05) is 30.3 Å². The fourth-order valence-electron chi connectivity index (χ4n) is 2.29. The zero-order valence-corrected chi connectivity index (χ0v) is 12.2. The van der Waals surface area contributed by atoms with Gasteiger partial charge in [0.2, 0.25) is 0 Å². The van der Waals surface area contributed by atoms with E-state index in [1.165, 1.54) is 0 Å². The highest BCUT2D eigenvalue weighted by Gasteiger charge is 2.14. The van der Waals surface area contributed by atoms with Gasteiger partial charge < -0.3 is 9.84 Å². The maximum absolute atomic E-state index is 12.2. The molecule has 0 aliphatic heterocycles. The van der Waals surface area contributed by atoms with Crippen molar-refractivity contribution >= 4 is 16.7 Å². The second-order valence-corrected chi connectivity index (χ2v) is 5.10. The van der Waals surface area contributed by atoms with Crippen LogP contribution in [0.15, 0.2) is 60.7 Å². The zero-order valence-electron chi connectivity index (χ0n) is 12.2. The number of carbonyl (C=O) groups excluding carboxylic acids is 1. The van der Waals surface area contributed by atoms with E-state index in [9.17, 15) is 9.90 Å². The Balaban J connectivity index is 1.77. The number of aromatic hydroxyl groups is 1. The van der Waals surface area contributed by atoms with E-state index in [0.717, 1.165) is 16.3 Å². The normalized spacial score (nSPS) is 10.2. The first-order chi connectivity index (χ1) is 11.2. The number of rotatable bonds is 3. The lowest BCUT2D eigenvalue weighted by Gasteiger charge is -2.08. The van der Waals surface area contributed by atoms with Crippen molar-refractivity contribution in [2.45, 2.75) is 6.61 Å². The maximum atomic E-state index is 12.2. The molecule has 0 bridgehead atoms. The highest BCUT2D eigenvalue weighted by molar-refractivity contribution is 5.98. The smallest absolute Gasteiger partial charge is 0.342 e. The van der Waals surface area contributed by atoms with E-state index in [4.69, 9.17) is 10.00 Å². The van der Waals surface area contributed by atoms with Gasteiger partial charge in [0.25, 0.3) is 0 Å². The number of carbonyl (C=O) groups is 1. The predicted molar refractivity (Wildman–Crippen MR) is 85.9 cm³/mol. The fourth-order valence-corrected chi connectivity index (χ4v) is 2.29. The molecule has 0 fully saturated rings. The first-order valence-electron chi connectivity index (χ1n) is 7.05. The Morgan fingerprint density at radius 2 is 1.70 bits per heavy atom. The van der Waals surface area contributed by atoms with E-state index in [0.29, 0.717) is 5.56 Å². The number of fused-ring (bicyclic) bond motifs is 1. The molecule has 1 N–H and O–H groups in total. The number of hydrogen-bond donors (Lipinski definition) is 1. The number of ether oxygens (including phenoxy) is 1. The molecule has 23 heavy (non-hydrogen) atoms. The average molecular weight is 303 g/mol. The highest BCUT2D eigenvalue weighted by atomic mass is 16.5. The minimum atomic E-state index is -0.586. The molecule has 3 aromatic rings. The second kappa shape index (κ2) is 6.20. The number of phenolic OH excluding ortho intramolecular Hbond substituents is 1. The molecule has 0 radical (unpaired) electrons. The first kappa shape index (κ1) is 14.6. The van der Waals surface area contributed by atoms with Crippen LogP contribution in [0, 0.1) is 11.3 Å². The molecule has 3 rings (SSSR count). The largest absolute Gasteiger partial charge is 0.507 e. The topological polar surface area (TPSA) is 70.3 Å². The average Bonchev–Trinajstić information content (AvgIpc) is 2.59. The molecular formula is C19H13NO3. The summed E-state index contributed by atoms with van der Waals surface area (Å²) in [7, 11) is 0. The number of phenols is 1. The molecule has 0 aliphatic carbocycles. The molecule has 0 unspecified atom stereocenters. The molecule has 112 valence electrons. The molecule has 0 amide bonds. The second-order valence-electron chi connectivity index (χ2n) is 5.10. The van der Waals surface area contributed by atoms with E-state index >= 15 is 0 Å². The van der Waals surface area contributed by atoms with Gasteiger partial charge >= 0.3 is 5.97 Å². The van der Waals surface area contributed by atoms with Crippen LogP contribution < -0.4 is 0 Å². The lowest BCUT2D eigenvalue weighted by atomic mass is 10.1. The Morgan fingerprint density at radius 3 is 2.35 bits per heavy atom. The minimum Gasteiger partial charge on any atom is -0.507 e. The quantitative estimate of drug-likeness (QED) is 0.748. The molecule has 4 heteroatoms.